The third-order valence-corrected chi connectivity index (χ3v) is 3.17. The number of benzene rings is 2. The Kier molecular flexibility index (Phi) is 3.11. The summed E-state index contributed by atoms with van der Waals surface area (Å²) in [7, 11) is 0. The standard InChI is InChI=1S/C16H16N2/c1-2-9-16-13(5-1)6-3-7-14(16)11-17-12-15-8-4-10-18-15/h1-10,17-18H,11-12H2. The van der Waals surface area contributed by atoms with Crippen molar-refractivity contribution in [2.45, 2.75) is 13.1 Å². The summed E-state index contributed by atoms with van der Waals surface area (Å²) in [5, 5.41) is 6.10. The van der Waals surface area contributed by atoms with Crippen LogP contribution >= 0.6 is 0 Å². The fourth-order valence-corrected chi connectivity index (χ4v) is 2.26. The fourth-order valence-electron chi connectivity index (χ4n) is 2.26. The highest BCUT2D eigenvalue weighted by Gasteiger charge is 1.99. The molecule has 3 rings (SSSR count). The predicted molar refractivity (Wildman–Crippen MR) is 75.3 cm³/mol. The van der Waals surface area contributed by atoms with E-state index < -0.39 is 0 Å². The molecule has 0 aliphatic rings. The van der Waals surface area contributed by atoms with Crippen LogP contribution in [0.25, 0.3) is 10.8 Å². The largest absolute Gasteiger partial charge is 0.364 e. The summed E-state index contributed by atoms with van der Waals surface area (Å²) in [6, 6.07) is 19.1. The first-order chi connectivity index (χ1) is 8.93. The molecule has 0 fully saturated rings. The predicted octanol–water partition coefficient (Wildman–Crippen LogP) is 3.46. The van der Waals surface area contributed by atoms with Crippen LogP contribution in [-0.2, 0) is 13.1 Å². The lowest BCUT2D eigenvalue weighted by atomic mass is 10.0. The van der Waals surface area contributed by atoms with Crippen molar-refractivity contribution in [3.05, 3.63) is 72.1 Å². The summed E-state index contributed by atoms with van der Waals surface area (Å²) >= 11 is 0. The van der Waals surface area contributed by atoms with Gasteiger partial charge < -0.3 is 10.3 Å². The second kappa shape index (κ2) is 5.07. The minimum atomic E-state index is 0.871. The summed E-state index contributed by atoms with van der Waals surface area (Å²) < 4.78 is 0. The number of aromatic amines is 1. The SMILES string of the molecule is c1c[nH]c(CNCc2cccc3ccccc23)c1. The second-order valence-electron chi connectivity index (χ2n) is 4.44. The van der Waals surface area contributed by atoms with E-state index in [1.54, 1.807) is 0 Å². The van der Waals surface area contributed by atoms with Gasteiger partial charge in [0.05, 0.1) is 0 Å². The van der Waals surface area contributed by atoms with Gasteiger partial charge in [0, 0.05) is 25.0 Å². The first-order valence-electron chi connectivity index (χ1n) is 6.23. The maximum absolute atomic E-state index is 3.46. The number of fused-ring (bicyclic) bond motifs is 1. The highest BCUT2D eigenvalue weighted by molar-refractivity contribution is 5.85. The normalized spacial score (nSPS) is 10.9. The van der Waals surface area contributed by atoms with Crippen LogP contribution in [0.4, 0.5) is 0 Å². The highest BCUT2D eigenvalue weighted by Crippen LogP contribution is 2.18. The number of rotatable bonds is 4. The minimum absolute atomic E-state index is 0.871. The Morgan fingerprint density at radius 1 is 0.833 bits per heavy atom. The molecule has 0 aliphatic carbocycles. The van der Waals surface area contributed by atoms with Crippen LogP contribution in [0.15, 0.2) is 60.8 Å². The van der Waals surface area contributed by atoms with Gasteiger partial charge in [-0.2, -0.15) is 0 Å². The van der Waals surface area contributed by atoms with E-state index in [2.05, 4.69) is 58.8 Å². The van der Waals surface area contributed by atoms with Crippen LogP contribution in [-0.4, -0.2) is 4.98 Å². The molecule has 18 heavy (non-hydrogen) atoms. The summed E-state index contributed by atoms with van der Waals surface area (Å²) in [4.78, 5) is 3.20. The molecule has 0 atom stereocenters. The van der Waals surface area contributed by atoms with E-state index >= 15 is 0 Å². The van der Waals surface area contributed by atoms with Crippen LogP contribution in [0.1, 0.15) is 11.3 Å². The van der Waals surface area contributed by atoms with Gasteiger partial charge in [-0.1, -0.05) is 42.5 Å². The van der Waals surface area contributed by atoms with Gasteiger partial charge in [-0.15, -0.1) is 0 Å². The molecule has 0 spiro atoms. The number of hydrogen-bond acceptors (Lipinski definition) is 1. The summed E-state index contributed by atoms with van der Waals surface area (Å²) in [6.07, 6.45) is 1.95. The summed E-state index contributed by atoms with van der Waals surface area (Å²) in [6.45, 7) is 1.76. The van der Waals surface area contributed by atoms with Gasteiger partial charge in [0.1, 0.15) is 0 Å². The lowest BCUT2D eigenvalue weighted by Gasteiger charge is -2.07. The lowest BCUT2D eigenvalue weighted by molar-refractivity contribution is 0.685. The van der Waals surface area contributed by atoms with Crippen LogP contribution in [0.3, 0.4) is 0 Å². The molecule has 2 aromatic carbocycles. The summed E-state index contributed by atoms with van der Waals surface area (Å²) in [5.41, 5.74) is 2.56. The van der Waals surface area contributed by atoms with E-state index in [1.807, 2.05) is 12.3 Å². The molecule has 0 saturated heterocycles. The van der Waals surface area contributed by atoms with Gasteiger partial charge in [-0.3, -0.25) is 0 Å². The number of hydrogen-bond donors (Lipinski definition) is 2. The zero-order valence-electron chi connectivity index (χ0n) is 10.2. The molecule has 2 N–H and O–H groups in total. The maximum Gasteiger partial charge on any atom is 0.0360 e. The van der Waals surface area contributed by atoms with E-state index in [0.717, 1.165) is 13.1 Å². The van der Waals surface area contributed by atoms with Crippen molar-refractivity contribution in [3.8, 4) is 0 Å². The Bertz CT molecular complexity index is 621. The first-order valence-corrected chi connectivity index (χ1v) is 6.23. The Labute approximate surface area is 107 Å². The topological polar surface area (TPSA) is 27.8 Å². The van der Waals surface area contributed by atoms with Crippen molar-refractivity contribution >= 4 is 10.8 Å². The molecule has 90 valence electrons. The molecular weight excluding hydrogens is 220 g/mol. The van der Waals surface area contributed by atoms with Crippen LogP contribution < -0.4 is 5.32 Å². The van der Waals surface area contributed by atoms with Crippen LogP contribution in [0, 0.1) is 0 Å². The van der Waals surface area contributed by atoms with E-state index in [4.69, 9.17) is 0 Å². The first kappa shape index (κ1) is 11.1. The monoisotopic (exact) mass is 236 g/mol. The van der Waals surface area contributed by atoms with Crippen LogP contribution in [0.2, 0.25) is 0 Å². The van der Waals surface area contributed by atoms with Gasteiger partial charge in [0.2, 0.25) is 0 Å². The Balaban J connectivity index is 1.74. The van der Waals surface area contributed by atoms with Crippen molar-refractivity contribution in [2.75, 3.05) is 0 Å². The van der Waals surface area contributed by atoms with Crippen molar-refractivity contribution in [2.24, 2.45) is 0 Å². The van der Waals surface area contributed by atoms with Gasteiger partial charge in [0.25, 0.3) is 0 Å². The average molecular weight is 236 g/mol. The molecule has 0 aliphatic heterocycles. The summed E-state index contributed by atoms with van der Waals surface area (Å²) in [5.74, 6) is 0. The van der Waals surface area contributed by atoms with Crippen molar-refractivity contribution in [1.82, 2.24) is 10.3 Å². The van der Waals surface area contributed by atoms with E-state index in [9.17, 15) is 0 Å². The van der Waals surface area contributed by atoms with Crippen molar-refractivity contribution < 1.29 is 0 Å². The fraction of sp³-hybridized carbons (Fsp3) is 0.125. The molecule has 1 heterocycles. The third kappa shape index (κ3) is 2.29. The zero-order chi connectivity index (χ0) is 12.2. The zero-order valence-corrected chi connectivity index (χ0v) is 10.2. The molecule has 0 bridgehead atoms. The van der Waals surface area contributed by atoms with E-state index in [-0.39, 0.29) is 0 Å². The second-order valence-corrected chi connectivity index (χ2v) is 4.44. The number of H-pyrrole nitrogens is 1. The van der Waals surface area contributed by atoms with Gasteiger partial charge in [-0.05, 0) is 28.5 Å². The maximum atomic E-state index is 3.46. The third-order valence-electron chi connectivity index (χ3n) is 3.17. The molecule has 2 nitrogen and oxygen atoms in total. The van der Waals surface area contributed by atoms with Gasteiger partial charge in [0.15, 0.2) is 0 Å². The number of nitrogens with one attached hydrogen (secondary N) is 2. The quantitative estimate of drug-likeness (QED) is 0.713. The average Bonchev–Trinajstić information content (AvgIpc) is 2.92. The van der Waals surface area contributed by atoms with Crippen molar-refractivity contribution in [1.29, 1.82) is 0 Å². The van der Waals surface area contributed by atoms with E-state index in [0.29, 0.717) is 0 Å². The Hall–Kier alpha value is -2.06. The minimum Gasteiger partial charge on any atom is -0.364 e. The molecule has 0 unspecified atom stereocenters. The van der Waals surface area contributed by atoms with Crippen molar-refractivity contribution in [3.63, 3.8) is 0 Å². The molecule has 3 aromatic rings. The molecular formula is C16H16N2. The molecule has 2 heteroatoms. The number of aromatic nitrogens is 1. The molecule has 0 amide bonds. The molecule has 0 radical (unpaired) electrons. The smallest absolute Gasteiger partial charge is 0.0360 e. The lowest BCUT2D eigenvalue weighted by Crippen LogP contribution is -2.13. The van der Waals surface area contributed by atoms with Crippen LogP contribution in [0.5, 0.6) is 0 Å². The highest BCUT2D eigenvalue weighted by atomic mass is 14.9. The Morgan fingerprint density at radius 3 is 2.61 bits per heavy atom. The Morgan fingerprint density at radius 2 is 1.72 bits per heavy atom. The van der Waals surface area contributed by atoms with E-state index in [1.165, 1.54) is 22.0 Å². The molecule has 0 saturated carbocycles. The van der Waals surface area contributed by atoms with Gasteiger partial charge in [-0.25, -0.2) is 0 Å². The van der Waals surface area contributed by atoms with Gasteiger partial charge >= 0.3 is 0 Å². The molecule has 1 aromatic heterocycles.